The predicted molar refractivity (Wildman–Crippen MR) is 132 cm³/mol. The van der Waals surface area contributed by atoms with Crippen LogP contribution in [0.25, 0.3) is 0 Å². The topological polar surface area (TPSA) is 148 Å². The zero-order valence-corrected chi connectivity index (χ0v) is 20.5. The summed E-state index contributed by atoms with van der Waals surface area (Å²) < 4.78 is 0. The lowest BCUT2D eigenvalue weighted by Crippen LogP contribution is -2.54. The number of benzene rings is 1. The highest BCUT2D eigenvalue weighted by molar-refractivity contribution is 5.99. The highest BCUT2D eigenvalue weighted by Gasteiger charge is 2.28. The summed E-state index contributed by atoms with van der Waals surface area (Å²) in [6.07, 6.45) is 5.87. The van der Waals surface area contributed by atoms with Crippen LogP contribution < -0.4 is 22.1 Å². The van der Waals surface area contributed by atoms with E-state index in [-0.39, 0.29) is 18.8 Å². The highest BCUT2D eigenvalue weighted by atomic mass is 16.3. The Balaban J connectivity index is 1.94. The summed E-state index contributed by atoms with van der Waals surface area (Å²) in [4.78, 5) is 38.0. The second-order valence-electron chi connectivity index (χ2n) is 10.1. The molecule has 0 heterocycles. The second kappa shape index (κ2) is 14.2. The van der Waals surface area contributed by atoms with Gasteiger partial charge in [0.1, 0.15) is 6.04 Å². The van der Waals surface area contributed by atoms with Crippen LogP contribution in [0.4, 0.5) is 0 Å². The third kappa shape index (κ3) is 9.91. The van der Waals surface area contributed by atoms with Gasteiger partial charge in [-0.05, 0) is 30.2 Å². The van der Waals surface area contributed by atoms with Crippen LogP contribution in [0.15, 0.2) is 30.3 Å². The molecule has 1 aromatic carbocycles. The quantitative estimate of drug-likeness (QED) is 0.312. The van der Waals surface area contributed by atoms with Gasteiger partial charge in [0.25, 0.3) is 0 Å². The number of hydrogen-bond acceptors (Lipinski definition) is 6. The van der Waals surface area contributed by atoms with Gasteiger partial charge in [-0.15, -0.1) is 0 Å². The maximum Gasteiger partial charge on any atom is 0.249 e. The van der Waals surface area contributed by atoms with Crippen LogP contribution in [0.2, 0.25) is 0 Å². The molecule has 0 aromatic heterocycles. The van der Waals surface area contributed by atoms with Crippen LogP contribution in [0, 0.1) is 11.8 Å². The van der Waals surface area contributed by atoms with Crippen molar-refractivity contribution in [1.82, 2.24) is 10.6 Å². The molecule has 4 atom stereocenters. The minimum atomic E-state index is -1.03. The number of imide groups is 1. The van der Waals surface area contributed by atoms with Crippen molar-refractivity contribution >= 4 is 17.7 Å². The molecular weight excluding hydrogens is 432 g/mol. The standard InChI is InChI=1S/C26H42N4O4/c1-17(2)13-21(28)25(33)29-22(15-19-11-7-4-8-12-19)26(34)30-24(32)16-23(31)20(27)14-18-9-5-3-6-10-18/h4,7-8,11-12,17-18,20-23,31H,3,5-6,9-10,13-16,27-28H2,1-2H3,(H,29,33)(H,30,32,34)/t20-,21?,22?,23-/m0/s1. The van der Waals surface area contributed by atoms with Crippen LogP contribution in [0.5, 0.6) is 0 Å². The maximum absolute atomic E-state index is 12.9. The normalized spacial score (nSPS) is 18.1. The molecule has 8 nitrogen and oxygen atoms in total. The molecule has 1 aliphatic rings. The van der Waals surface area contributed by atoms with Crippen LogP contribution in [-0.2, 0) is 20.8 Å². The lowest BCUT2D eigenvalue weighted by atomic mass is 9.83. The molecule has 0 spiro atoms. The Kier molecular flexibility index (Phi) is 11.7. The van der Waals surface area contributed by atoms with Gasteiger partial charge in [0, 0.05) is 12.5 Å². The lowest BCUT2D eigenvalue weighted by Gasteiger charge is -2.27. The Morgan fingerprint density at radius 2 is 1.68 bits per heavy atom. The van der Waals surface area contributed by atoms with Crippen LogP contribution in [0.3, 0.4) is 0 Å². The van der Waals surface area contributed by atoms with Gasteiger partial charge in [-0.2, -0.15) is 0 Å². The molecule has 1 saturated carbocycles. The first-order chi connectivity index (χ1) is 16.2. The molecule has 1 aromatic rings. The monoisotopic (exact) mass is 474 g/mol. The molecule has 2 unspecified atom stereocenters. The van der Waals surface area contributed by atoms with E-state index in [1.54, 1.807) is 0 Å². The summed E-state index contributed by atoms with van der Waals surface area (Å²) in [6.45, 7) is 3.93. The molecule has 190 valence electrons. The summed E-state index contributed by atoms with van der Waals surface area (Å²) in [7, 11) is 0. The van der Waals surface area contributed by atoms with Crippen molar-refractivity contribution in [3.8, 4) is 0 Å². The average Bonchev–Trinajstić information content (AvgIpc) is 2.79. The molecular formula is C26H42N4O4. The molecule has 7 N–H and O–H groups in total. The molecule has 3 amide bonds. The zero-order valence-electron chi connectivity index (χ0n) is 20.5. The largest absolute Gasteiger partial charge is 0.391 e. The SMILES string of the molecule is CC(C)CC(N)C(=O)NC(Cc1ccccc1)C(=O)NC(=O)C[C@H](O)[C@@H](N)CC1CCCCC1. The molecule has 34 heavy (non-hydrogen) atoms. The fraction of sp³-hybridized carbons (Fsp3) is 0.654. The summed E-state index contributed by atoms with van der Waals surface area (Å²) in [5, 5.41) is 15.4. The first-order valence-electron chi connectivity index (χ1n) is 12.5. The average molecular weight is 475 g/mol. The molecule has 0 bridgehead atoms. The van der Waals surface area contributed by atoms with Crippen molar-refractivity contribution in [2.24, 2.45) is 23.3 Å². The Bertz CT molecular complexity index is 780. The highest BCUT2D eigenvalue weighted by Crippen LogP contribution is 2.27. The van der Waals surface area contributed by atoms with Gasteiger partial charge < -0.3 is 21.9 Å². The van der Waals surface area contributed by atoms with Crippen molar-refractivity contribution in [2.75, 3.05) is 0 Å². The van der Waals surface area contributed by atoms with Crippen molar-refractivity contribution < 1.29 is 19.5 Å². The van der Waals surface area contributed by atoms with E-state index < -0.39 is 42.0 Å². The molecule has 1 fully saturated rings. The zero-order chi connectivity index (χ0) is 25.1. The fourth-order valence-electron chi connectivity index (χ4n) is 4.53. The van der Waals surface area contributed by atoms with Gasteiger partial charge in [0.2, 0.25) is 17.7 Å². The fourth-order valence-corrected chi connectivity index (χ4v) is 4.53. The third-order valence-corrected chi connectivity index (χ3v) is 6.46. The van der Waals surface area contributed by atoms with Gasteiger partial charge in [0.15, 0.2) is 0 Å². The summed E-state index contributed by atoms with van der Waals surface area (Å²) in [5.41, 5.74) is 13.0. The number of nitrogens with one attached hydrogen (secondary N) is 2. The lowest BCUT2D eigenvalue weighted by molar-refractivity contribution is -0.135. The van der Waals surface area contributed by atoms with Crippen molar-refractivity contribution in [2.45, 2.75) is 95.9 Å². The Labute approximate surface area is 203 Å². The van der Waals surface area contributed by atoms with Gasteiger partial charge in [-0.3, -0.25) is 19.7 Å². The van der Waals surface area contributed by atoms with Gasteiger partial charge in [-0.1, -0.05) is 76.3 Å². The molecule has 0 aliphatic heterocycles. The van der Waals surface area contributed by atoms with Crippen LogP contribution >= 0.6 is 0 Å². The summed E-state index contributed by atoms with van der Waals surface area (Å²) >= 11 is 0. The number of hydrogen-bond donors (Lipinski definition) is 5. The Morgan fingerprint density at radius 1 is 1.03 bits per heavy atom. The van der Waals surface area contributed by atoms with Crippen molar-refractivity contribution in [3.63, 3.8) is 0 Å². The molecule has 2 rings (SSSR count). The van der Waals surface area contributed by atoms with E-state index in [2.05, 4.69) is 10.6 Å². The second-order valence-corrected chi connectivity index (χ2v) is 10.1. The molecule has 8 heteroatoms. The molecule has 1 aliphatic carbocycles. The number of rotatable bonds is 12. The van der Waals surface area contributed by atoms with Gasteiger partial charge in [-0.25, -0.2) is 0 Å². The van der Waals surface area contributed by atoms with E-state index in [1.807, 2.05) is 44.2 Å². The number of aliphatic hydroxyl groups is 1. The number of carbonyl (C=O) groups excluding carboxylic acids is 3. The first kappa shape index (κ1) is 28.0. The summed E-state index contributed by atoms with van der Waals surface area (Å²) in [6, 6.07) is 6.99. The van der Waals surface area contributed by atoms with Crippen LogP contribution in [-0.4, -0.2) is 47.1 Å². The first-order valence-corrected chi connectivity index (χ1v) is 12.5. The number of aliphatic hydroxyl groups excluding tert-OH is 1. The minimum absolute atomic E-state index is 0.212. The molecule has 0 radical (unpaired) electrons. The molecule has 0 saturated heterocycles. The number of nitrogens with two attached hydrogens (primary N) is 2. The Morgan fingerprint density at radius 3 is 2.29 bits per heavy atom. The van der Waals surface area contributed by atoms with E-state index in [9.17, 15) is 19.5 Å². The number of carbonyl (C=O) groups is 3. The van der Waals surface area contributed by atoms with Gasteiger partial charge in [0.05, 0.1) is 18.6 Å². The van der Waals surface area contributed by atoms with Crippen molar-refractivity contribution in [1.29, 1.82) is 0 Å². The maximum atomic E-state index is 12.9. The summed E-state index contributed by atoms with van der Waals surface area (Å²) in [5.74, 6) is -0.985. The van der Waals surface area contributed by atoms with Crippen LogP contribution in [0.1, 0.15) is 70.8 Å². The minimum Gasteiger partial charge on any atom is -0.391 e. The Hall–Kier alpha value is -2.29. The third-order valence-electron chi connectivity index (χ3n) is 6.46. The predicted octanol–water partition coefficient (Wildman–Crippen LogP) is 1.78. The smallest absolute Gasteiger partial charge is 0.249 e. The van der Waals surface area contributed by atoms with E-state index in [0.717, 1.165) is 18.4 Å². The van der Waals surface area contributed by atoms with E-state index >= 15 is 0 Å². The number of amides is 3. The van der Waals surface area contributed by atoms with Gasteiger partial charge >= 0.3 is 0 Å². The van der Waals surface area contributed by atoms with Crippen molar-refractivity contribution in [3.05, 3.63) is 35.9 Å². The van der Waals surface area contributed by atoms with E-state index in [4.69, 9.17) is 11.5 Å². The van der Waals surface area contributed by atoms with E-state index in [0.29, 0.717) is 18.8 Å². The van der Waals surface area contributed by atoms with E-state index in [1.165, 1.54) is 19.3 Å².